The van der Waals surface area contributed by atoms with E-state index in [2.05, 4.69) is 20.6 Å². The number of hydrogen-bond acceptors (Lipinski definition) is 7. The van der Waals surface area contributed by atoms with E-state index in [4.69, 9.17) is 0 Å². The van der Waals surface area contributed by atoms with Gasteiger partial charge in [0, 0.05) is 16.6 Å². The Hall–Kier alpha value is -2.07. The molecule has 1 amide bonds. The smallest absolute Gasteiger partial charge is 0.246 e. The highest BCUT2D eigenvalue weighted by atomic mass is 32.2. The number of thiazole rings is 1. The number of nitrogens with one attached hydrogen (secondary N) is 1. The van der Waals surface area contributed by atoms with Crippen LogP contribution in [0.2, 0.25) is 0 Å². The Kier molecular flexibility index (Phi) is 5.24. The van der Waals surface area contributed by atoms with Crippen LogP contribution in [0.25, 0.3) is 0 Å². The van der Waals surface area contributed by atoms with Gasteiger partial charge in [-0.05, 0) is 27.2 Å². The Balaban J connectivity index is 1.66. The van der Waals surface area contributed by atoms with Crippen LogP contribution in [0.5, 0.6) is 0 Å². The van der Waals surface area contributed by atoms with Gasteiger partial charge in [0.25, 0.3) is 0 Å². The average Bonchev–Trinajstić information content (AvgIpc) is 3.20. The number of carbonyl (C=O) groups is 1. The first-order chi connectivity index (χ1) is 12.2. The zero-order valence-corrected chi connectivity index (χ0v) is 16.5. The molecule has 0 bridgehead atoms. The minimum Gasteiger partial charge on any atom is -0.273 e. The van der Waals surface area contributed by atoms with Crippen molar-refractivity contribution in [2.45, 2.75) is 39.7 Å². The fourth-order valence-corrected chi connectivity index (χ4v) is 5.35. The largest absolute Gasteiger partial charge is 0.273 e. The van der Waals surface area contributed by atoms with Crippen molar-refractivity contribution in [3.05, 3.63) is 33.0 Å². The van der Waals surface area contributed by atoms with Crippen LogP contribution in [-0.2, 0) is 21.1 Å². The summed E-state index contributed by atoms with van der Waals surface area (Å²) in [7, 11) is -2.98. The van der Waals surface area contributed by atoms with Crippen LogP contribution in [0, 0.1) is 20.8 Å². The van der Waals surface area contributed by atoms with E-state index >= 15 is 0 Å². The van der Waals surface area contributed by atoms with Crippen molar-refractivity contribution in [2.75, 3.05) is 11.5 Å². The van der Waals surface area contributed by atoms with E-state index < -0.39 is 9.84 Å². The predicted molar refractivity (Wildman–Crippen MR) is 100 cm³/mol. The minimum atomic E-state index is -2.98. The molecule has 0 saturated carbocycles. The Labute approximate surface area is 156 Å². The third-order valence-corrected chi connectivity index (χ3v) is 6.90. The normalized spacial score (nSPS) is 19.3. The summed E-state index contributed by atoms with van der Waals surface area (Å²) in [5.74, 6) is 0.0807. The second-order valence-electron chi connectivity index (χ2n) is 6.41. The van der Waals surface area contributed by atoms with E-state index in [9.17, 15) is 13.2 Å². The van der Waals surface area contributed by atoms with Crippen LogP contribution in [0.4, 0.5) is 0 Å². The number of rotatable bonds is 5. The summed E-state index contributed by atoms with van der Waals surface area (Å²) in [4.78, 5) is 16.2. The first-order valence-corrected chi connectivity index (χ1v) is 10.9. The van der Waals surface area contributed by atoms with E-state index in [1.54, 1.807) is 10.9 Å². The molecule has 140 valence electrons. The summed E-state index contributed by atoms with van der Waals surface area (Å²) in [5.41, 5.74) is 5.61. The van der Waals surface area contributed by atoms with Gasteiger partial charge in [-0.3, -0.25) is 9.48 Å². The molecule has 1 fully saturated rings. The number of amides is 1. The summed E-state index contributed by atoms with van der Waals surface area (Å²) in [6.07, 6.45) is 2.31. The lowest BCUT2D eigenvalue weighted by atomic mass is 10.2. The van der Waals surface area contributed by atoms with E-state index in [1.807, 2.05) is 26.2 Å². The Morgan fingerprint density at radius 3 is 2.85 bits per heavy atom. The van der Waals surface area contributed by atoms with Gasteiger partial charge in [0.2, 0.25) is 5.91 Å². The molecule has 2 aromatic heterocycles. The van der Waals surface area contributed by atoms with Crippen molar-refractivity contribution in [2.24, 2.45) is 5.10 Å². The second-order valence-corrected chi connectivity index (χ2v) is 9.70. The molecular formula is C16H21N5O3S2. The maximum atomic E-state index is 11.9. The van der Waals surface area contributed by atoms with Crippen LogP contribution in [0.15, 0.2) is 10.5 Å². The molecular weight excluding hydrogens is 374 g/mol. The molecule has 0 aromatic carbocycles. The van der Waals surface area contributed by atoms with Crippen molar-refractivity contribution in [1.29, 1.82) is 0 Å². The van der Waals surface area contributed by atoms with Gasteiger partial charge in [-0.1, -0.05) is 0 Å². The molecule has 0 spiro atoms. The van der Waals surface area contributed by atoms with Gasteiger partial charge in [0.1, 0.15) is 0 Å². The van der Waals surface area contributed by atoms with Crippen molar-refractivity contribution < 1.29 is 13.2 Å². The second kappa shape index (κ2) is 7.28. The molecule has 1 aliphatic heterocycles. The maximum absolute atomic E-state index is 11.9. The number of carbonyl (C=O) groups excluding carboxylic acids is 1. The molecule has 3 rings (SSSR count). The van der Waals surface area contributed by atoms with Crippen molar-refractivity contribution in [1.82, 2.24) is 20.2 Å². The lowest BCUT2D eigenvalue weighted by Gasteiger charge is -2.10. The van der Waals surface area contributed by atoms with Gasteiger partial charge < -0.3 is 0 Å². The van der Waals surface area contributed by atoms with Crippen LogP contribution < -0.4 is 5.43 Å². The molecule has 1 aliphatic rings. The molecule has 3 heterocycles. The predicted octanol–water partition coefficient (Wildman–Crippen LogP) is 1.32. The summed E-state index contributed by atoms with van der Waals surface area (Å²) in [6, 6.07) is -0.136. The number of hydrazone groups is 1. The molecule has 2 aromatic rings. The van der Waals surface area contributed by atoms with Gasteiger partial charge in [-0.25, -0.2) is 18.8 Å². The lowest BCUT2D eigenvalue weighted by molar-refractivity contribution is -0.120. The lowest BCUT2D eigenvalue weighted by Crippen LogP contribution is -2.20. The molecule has 1 N–H and O–H groups in total. The van der Waals surface area contributed by atoms with Crippen LogP contribution in [0.3, 0.4) is 0 Å². The fourth-order valence-electron chi connectivity index (χ4n) is 3.05. The monoisotopic (exact) mass is 395 g/mol. The molecule has 1 saturated heterocycles. The van der Waals surface area contributed by atoms with Gasteiger partial charge in [0.15, 0.2) is 9.84 Å². The molecule has 26 heavy (non-hydrogen) atoms. The average molecular weight is 396 g/mol. The zero-order valence-electron chi connectivity index (χ0n) is 14.9. The van der Waals surface area contributed by atoms with Crippen LogP contribution in [0.1, 0.15) is 40.1 Å². The highest BCUT2D eigenvalue weighted by Crippen LogP contribution is 2.26. The van der Waals surface area contributed by atoms with E-state index in [1.165, 1.54) is 11.3 Å². The number of nitrogens with zero attached hydrogens (tertiary/aromatic N) is 4. The molecule has 0 aliphatic carbocycles. The number of sulfone groups is 1. The van der Waals surface area contributed by atoms with E-state index in [-0.39, 0.29) is 29.9 Å². The number of aryl methyl sites for hydroxylation is 2. The van der Waals surface area contributed by atoms with E-state index in [0.29, 0.717) is 6.42 Å². The van der Waals surface area contributed by atoms with Crippen LogP contribution in [-0.4, -0.2) is 46.8 Å². The first kappa shape index (κ1) is 18.7. The Morgan fingerprint density at radius 1 is 1.46 bits per heavy atom. The summed E-state index contributed by atoms with van der Waals surface area (Å²) in [5, 5.41) is 11.3. The first-order valence-electron chi connectivity index (χ1n) is 8.24. The van der Waals surface area contributed by atoms with Crippen molar-refractivity contribution in [3.8, 4) is 0 Å². The Morgan fingerprint density at radius 2 is 2.23 bits per heavy atom. The molecule has 8 nitrogen and oxygen atoms in total. The van der Waals surface area contributed by atoms with Crippen LogP contribution >= 0.6 is 11.3 Å². The van der Waals surface area contributed by atoms with Gasteiger partial charge in [0.05, 0.1) is 46.6 Å². The van der Waals surface area contributed by atoms with E-state index in [0.717, 1.165) is 27.7 Å². The third-order valence-electron chi connectivity index (χ3n) is 4.33. The minimum absolute atomic E-state index is 0.120. The quantitative estimate of drug-likeness (QED) is 0.607. The zero-order chi connectivity index (χ0) is 18.9. The van der Waals surface area contributed by atoms with Crippen molar-refractivity contribution >= 4 is 33.3 Å². The molecule has 0 radical (unpaired) electrons. The summed E-state index contributed by atoms with van der Waals surface area (Å²) in [6.45, 7) is 5.61. The Bertz CT molecular complexity index is 959. The standard InChI is InChI=1S/C16H21N5O3S2/c1-10-15(7-17-19-16(22)6-13-8-25-12(3)18-13)11(2)21(20-10)14-4-5-26(23,24)9-14/h7-8,14H,4-6,9H2,1-3H3,(H,19,22)/b17-7-/t14-/m0/s1. The van der Waals surface area contributed by atoms with Gasteiger partial charge in [-0.15, -0.1) is 11.3 Å². The number of hydrogen-bond donors (Lipinski definition) is 1. The fraction of sp³-hybridized carbons (Fsp3) is 0.500. The topological polar surface area (TPSA) is 106 Å². The highest BCUT2D eigenvalue weighted by molar-refractivity contribution is 7.91. The number of aromatic nitrogens is 3. The molecule has 1 atom stereocenters. The SMILES string of the molecule is Cc1nc(CC(=O)N/N=C\c2c(C)nn([C@H]3CCS(=O)(=O)C3)c2C)cs1. The van der Waals surface area contributed by atoms with Gasteiger partial charge in [-0.2, -0.15) is 10.2 Å². The third kappa shape index (κ3) is 4.18. The van der Waals surface area contributed by atoms with Crippen molar-refractivity contribution in [3.63, 3.8) is 0 Å². The summed E-state index contributed by atoms with van der Waals surface area (Å²) < 4.78 is 25.2. The molecule has 10 heteroatoms. The van der Waals surface area contributed by atoms with Gasteiger partial charge >= 0.3 is 0 Å². The molecule has 0 unspecified atom stereocenters. The summed E-state index contributed by atoms with van der Waals surface area (Å²) >= 11 is 1.50. The highest BCUT2D eigenvalue weighted by Gasteiger charge is 2.31. The maximum Gasteiger partial charge on any atom is 0.246 e.